The van der Waals surface area contributed by atoms with Gasteiger partial charge in [0, 0.05) is 16.8 Å². The summed E-state index contributed by atoms with van der Waals surface area (Å²) in [5, 5.41) is 9.93. The van der Waals surface area contributed by atoms with Gasteiger partial charge in [-0.15, -0.1) is 11.3 Å². The zero-order chi connectivity index (χ0) is 12.4. The molecule has 88 valence electrons. The molecule has 2 aromatic rings. The van der Waals surface area contributed by atoms with Crippen molar-refractivity contribution in [1.29, 1.82) is 5.41 Å². The summed E-state index contributed by atoms with van der Waals surface area (Å²) in [4.78, 5) is 12.8. The van der Waals surface area contributed by atoms with Crippen molar-refractivity contribution in [3.63, 3.8) is 0 Å². The summed E-state index contributed by atoms with van der Waals surface area (Å²) in [7, 11) is 0. The van der Waals surface area contributed by atoms with Crippen LogP contribution >= 0.6 is 23.1 Å². The average molecular weight is 265 g/mol. The minimum Gasteiger partial charge on any atom is -0.382 e. The van der Waals surface area contributed by atoms with E-state index in [2.05, 4.69) is 15.0 Å². The van der Waals surface area contributed by atoms with Gasteiger partial charge in [-0.25, -0.2) is 15.0 Å². The Balaban J connectivity index is 2.29. The first-order valence-electron chi connectivity index (χ1n) is 4.84. The number of aromatic nitrogens is 3. The molecule has 2 aromatic heterocycles. The fraction of sp³-hybridized carbons (Fsp3) is 0.200. The van der Waals surface area contributed by atoms with Crippen molar-refractivity contribution in [2.45, 2.75) is 23.3 Å². The van der Waals surface area contributed by atoms with Crippen LogP contribution in [0.3, 0.4) is 0 Å². The Kier molecular flexibility index (Phi) is 3.39. The van der Waals surface area contributed by atoms with E-state index in [0.717, 1.165) is 15.7 Å². The van der Waals surface area contributed by atoms with Crippen molar-refractivity contribution in [2.75, 3.05) is 0 Å². The lowest BCUT2D eigenvalue weighted by molar-refractivity contribution is 0.919. The zero-order valence-electron chi connectivity index (χ0n) is 9.39. The van der Waals surface area contributed by atoms with E-state index in [4.69, 9.17) is 11.1 Å². The van der Waals surface area contributed by atoms with Gasteiger partial charge in [-0.2, -0.15) is 0 Å². The molecule has 0 spiro atoms. The van der Waals surface area contributed by atoms with Gasteiger partial charge in [0.25, 0.3) is 0 Å². The summed E-state index contributed by atoms with van der Waals surface area (Å²) in [6.45, 7) is 3.80. The van der Waals surface area contributed by atoms with Gasteiger partial charge < -0.3 is 5.73 Å². The molecule has 2 rings (SSSR count). The average Bonchev–Trinajstić information content (AvgIpc) is 2.63. The summed E-state index contributed by atoms with van der Waals surface area (Å²) < 4.78 is 0.891. The van der Waals surface area contributed by atoms with Crippen molar-refractivity contribution in [1.82, 2.24) is 15.0 Å². The Labute approximate surface area is 107 Å². The molecule has 0 unspecified atom stereocenters. The monoisotopic (exact) mass is 265 g/mol. The van der Waals surface area contributed by atoms with Gasteiger partial charge in [0.2, 0.25) is 0 Å². The molecule has 17 heavy (non-hydrogen) atoms. The summed E-state index contributed by atoms with van der Waals surface area (Å²) in [5.41, 5.74) is 7.65. The highest BCUT2D eigenvalue weighted by Gasteiger charge is 2.08. The third kappa shape index (κ3) is 3.01. The van der Waals surface area contributed by atoms with E-state index in [0.29, 0.717) is 10.9 Å². The number of amidine groups is 1. The molecule has 0 aromatic carbocycles. The molecule has 0 amide bonds. The second-order valence-electron chi connectivity index (χ2n) is 3.45. The van der Waals surface area contributed by atoms with Gasteiger partial charge in [-0.1, -0.05) is 0 Å². The zero-order valence-corrected chi connectivity index (χ0v) is 11.0. The van der Waals surface area contributed by atoms with E-state index in [-0.39, 0.29) is 5.84 Å². The number of rotatable bonds is 3. The number of nitrogens with one attached hydrogen (secondary N) is 1. The predicted molar refractivity (Wildman–Crippen MR) is 68.8 cm³/mol. The second kappa shape index (κ2) is 4.80. The molecular weight excluding hydrogens is 254 g/mol. The first kappa shape index (κ1) is 12.0. The Morgan fingerprint density at radius 1 is 1.29 bits per heavy atom. The Morgan fingerprint density at radius 3 is 2.65 bits per heavy atom. The van der Waals surface area contributed by atoms with E-state index >= 15 is 0 Å². The molecule has 7 heteroatoms. The number of hydrogen-bond donors (Lipinski definition) is 2. The molecule has 0 saturated heterocycles. The fourth-order valence-electron chi connectivity index (χ4n) is 1.18. The molecule has 0 aliphatic heterocycles. The molecule has 0 saturated carbocycles. The smallest absolute Gasteiger partial charge is 0.195 e. The van der Waals surface area contributed by atoms with E-state index in [1.807, 2.05) is 19.2 Å². The highest BCUT2D eigenvalue weighted by Crippen LogP contribution is 2.27. The van der Waals surface area contributed by atoms with Crippen LogP contribution in [0.1, 0.15) is 17.1 Å². The number of nitrogen functional groups attached to an aromatic ring is 1. The molecular formula is C10H11N5S2. The number of nitrogens with two attached hydrogens (primary N) is 1. The molecule has 0 aliphatic rings. The van der Waals surface area contributed by atoms with Crippen molar-refractivity contribution in [3.05, 3.63) is 28.5 Å². The Hall–Kier alpha value is -1.47. The lowest BCUT2D eigenvalue weighted by atomic mass is 10.3. The number of nitrogens with zero attached hydrogens (tertiary/aromatic N) is 3. The van der Waals surface area contributed by atoms with Crippen LogP contribution < -0.4 is 5.73 Å². The molecule has 5 nitrogen and oxygen atoms in total. The summed E-state index contributed by atoms with van der Waals surface area (Å²) >= 11 is 2.94. The van der Waals surface area contributed by atoms with Crippen LogP contribution in [0.5, 0.6) is 0 Å². The molecule has 0 bridgehead atoms. The van der Waals surface area contributed by atoms with Gasteiger partial charge in [0.05, 0.1) is 0 Å². The van der Waals surface area contributed by atoms with Gasteiger partial charge >= 0.3 is 0 Å². The van der Waals surface area contributed by atoms with Gasteiger partial charge in [0.1, 0.15) is 11.5 Å². The largest absolute Gasteiger partial charge is 0.382 e. The molecule has 0 atom stereocenters. The van der Waals surface area contributed by atoms with Crippen LogP contribution in [-0.2, 0) is 0 Å². The number of thiazole rings is 1. The second-order valence-corrected chi connectivity index (χ2v) is 5.52. The van der Waals surface area contributed by atoms with Crippen LogP contribution in [0.25, 0.3) is 0 Å². The minimum atomic E-state index is -0.0485. The van der Waals surface area contributed by atoms with Crippen LogP contribution in [0.2, 0.25) is 0 Å². The maximum absolute atomic E-state index is 7.38. The third-order valence-electron chi connectivity index (χ3n) is 1.89. The maximum Gasteiger partial charge on any atom is 0.195 e. The predicted octanol–water partition coefficient (Wildman–Crippen LogP) is 1.99. The highest BCUT2D eigenvalue weighted by atomic mass is 32.2. The van der Waals surface area contributed by atoms with E-state index in [1.165, 1.54) is 11.8 Å². The summed E-state index contributed by atoms with van der Waals surface area (Å²) in [5.74, 6) is -0.0485. The normalized spacial score (nSPS) is 10.5. The lowest BCUT2D eigenvalue weighted by Gasteiger charge is -2.02. The third-order valence-corrected chi connectivity index (χ3v) is 3.81. The Morgan fingerprint density at radius 2 is 2.06 bits per heavy atom. The highest BCUT2D eigenvalue weighted by molar-refractivity contribution is 8.00. The fourth-order valence-corrected chi connectivity index (χ4v) is 2.94. The van der Waals surface area contributed by atoms with E-state index < -0.39 is 0 Å². The summed E-state index contributed by atoms with van der Waals surface area (Å²) in [6, 6.07) is 1.69. The van der Waals surface area contributed by atoms with Gasteiger partial charge in [-0.3, -0.25) is 5.41 Å². The topological polar surface area (TPSA) is 88.5 Å². The quantitative estimate of drug-likeness (QED) is 0.503. The molecule has 0 aliphatic carbocycles. The van der Waals surface area contributed by atoms with Crippen LogP contribution in [0, 0.1) is 19.3 Å². The van der Waals surface area contributed by atoms with Crippen molar-refractivity contribution >= 4 is 28.9 Å². The number of aryl methyl sites for hydroxylation is 2. The van der Waals surface area contributed by atoms with Crippen molar-refractivity contribution in [2.24, 2.45) is 5.73 Å². The maximum atomic E-state index is 7.38. The molecule has 3 N–H and O–H groups in total. The van der Waals surface area contributed by atoms with Crippen LogP contribution in [0.4, 0.5) is 0 Å². The van der Waals surface area contributed by atoms with Crippen molar-refractivity contribution < 1.29 is 0 Å². The standard InChI is InChI=1S/C10H11N5S2/c1-5-3-7(8(11)12)15-9(13-5)17-10-14-6(2)4-16-10/h3-4H,1-2H3,(H3,11,12). The van der Waals surface area contributed by atoms with E-state index in [1.54, 1.807) is 17.4 Å². The lowest BCUT2D eigenvalue weighted by Crippen LogP contribution is -2.14. The van der Waals surface area contributed by atoms with Gasteiger partial charge in [0.15, 0.2) is 9.50 Å². The summed E-state index contributed by atoms with van der Waals surface area (Å²) in [6.07, 6.45) is 0. The van der Waals surface area contributed by atoms with Crippen LogP contribution in [0.15, 0.2) is 20.9 Å². The molecule has 0 fully saturated rings. The SMILES string of the molecule is Cc1cc(C(=N)N)nc(Sc2nc(C)cs2)n1. The first-order chi connectivity index (χ1) is 8.04. The van der Waals surface area contributed by atoms with E-state index in [9.17, 15) is 0 Å². The number of hydrogen-bond acceptors (Lipinski definition) is 6. The molecule has 2 heterocycles. The minimum absolute atomic E-state index is 0.0485. The van der Waals surface area contributed by atoms with Crippen molar-refractivity contribution in [3.8, 4) is 0 Å². The van der Waals surface area contributed by atoms with Gasteiger partial charge in [-0.05, 0) is 31.7 Å². The Bertz CT molecular complexity index is 564. The van der Waals surface area contributed by atoms with Crippen LogP contribution in [-0.4, -0.2) is 20.8 Å². The first-order valence-corrected chi connectivity index (χ1v) is 6.54. The molecule has 0 radical (unpaired) electrons.